The zero-order chi connectivity index (χ0) is 21.9. The van der Waals surface area contributed by atoms with Gasteiger partial charge in [-0.25, -0.2) is 0 Å². The Kier molecular flexibility index (Phi) is 6.87. The lowest BCUT2D eigenvalue weighted by molar-refractivity contribution is -0.137. The molecular weight excluding hydrogens is 433 g/mol. The summed E-state index contributed by atoms with van der Waals surface area (Å²) in [7, 11) is 0. The monoisotopic (exact) mass is 454 g/mol. The molecule has 3 aromatic rings. The maximum atomic E-state index is 13.1. The summed E-state index contributed by atoms with van der Waals surface area (Å²) in [5.41, 5.74) is -0.165. The van der Waals surface area contributed by atoms with E-state index in [0.29, 0.717) is 23.4 Å². The third kappa shape index (κ3) is 5.04. The number of nitrogens with zero attached hydrogens (tertiary/aromatic N) is 3. The Morgan fingerprint density at radius 2 is 2.00 bits per heavy atom. The zero-order valence-electron chi connectivity index (χ0n) is 16.7. The SMILES string of the molecule is CCn1c(SCC(=O)Nc2ccccc2C(F)(F)F)nnc1-c1csc(C(C)C)c1. The summed E-state index contributed by atoms with van der Waals surface area (Å²) in [5, 5.41) is 13.3. The topological polar surface area (TPSA) is 59.8 Å². The number of benzene rings is 1. The third-order valence-corrected chi connectivity index (χ3v) is 6.52. The van der Waals surface area contributed by atoms with Crippen LogP contribution in [0, 0.1) is 0 Å². The minimum absolute atomic E-state index is 0.0782. The number of halogens is 3. The van der Waals surface area contributed by atoms with Crippen LogP contribution < -0.4 is 5.32 Å². The Bertz CT molecular complexity index is 1030. The van der Waals surface area contributed by atoms with Gasteiger partial charge >= 0.3 is 6.18 Å². The highest BCUT2D eigenvalue weighted by Crippen LogP contribution is 2.35. The van der Waals surface area contributed by atoms with E-state index < -0.39 is 17.6 Å². The quantitative estimate of drug-likeness (QED) is 0.452. The molecule has 3 rings (SSSR count). The van der Waals surface area contributed by atoms with Crippen LogP contribution in [0.3, 0.4) is 0 Å². The summed E-state index contributed by atoms with van der Waals surface area (Å²) in [4.78, 5) is 13.5. The van der Waals surface area contributed by atoms with Gasteiger partial charge in [-0.15, -0.1) is 21.5 Å². The van der Waals surface area contributed by atoms with Crippen molar-refractivity contribution < 1.29 is 18.0 Å². The van der Waals surface area contributed by atoms with Crippen LogP contribution in [0.1, 0.15) is 37.1 Å². The molecule has 1 amide bonds. The number of amides is 1. The number of rotatable bonds is 7. The van der Waals surface area contributed by atoms with Gasteiger partial charge in [0.1, 0.15) is 0 Å². The summed E-state index contributed by atoms with van der Waals surface area (Å²) < 4.78 is 41.2. The van der Waals surface area contributed by atoms with Gasteiger partial charge in [0.05, 0.1) is 17.0 Å². The summed E-state index contributed by atoms with van der Waals surface area (Å²) in [6.07, 6.45) is -4.54. The number of para-hydroxylation sites is 1. The van der Waals surface area contributed by atoms with Crippen LogP contribution in [0.5, 0.6) is 0 Å². The van der Waals surface area contributed by atoms with Crippen LogP contribution >= 0.6 is 23.1 Å². The molecule has 0 atom stereocenters. The van der Waals surface area contributed by atoms with Gasteiger partial charge in [0.15, 0.2) is 11.0 Å². The van der Waals surface area contributed by atoms with Gasteiger partial charge < -0.3 is 9.88 Å². The van der Waals surface area contributed by atoms with Crippen molar-refractivity contribution in [3.05, 3.63) is 46.2 Å². The molecule has 2 heterocycles. The molecule has 160 valence electrons. The lowest BCUT2D eigenvalue weighted by Crippen LogP contribution is -2.18. The number of alkyl halides is 3. The number of nitrogens with one attached hydrogen (secondary N) is 1. The van der Waals surface area contributed by atoms with E-state index in [-0.39, 0.29) is 11.4 Å². The smallest absolute Gasteiger partial charge is 0.325 e. The average Bonchev–Trinajstić information content (AvgIpc) is 3.32. The zero-order valence-corrected chi connectivity index (χ0v) is 18.3. The Hall–Kier alpha value is -2.33. The first-order valence-corrected chi connectivity index (χ1v) is 11.2. The molecule has 5 nitrogen and oxygen atoms in total. The number of carbonyl (C=O) groups excluding carboxylic acids is 1. The summed E-state index contributed by atoms with van der Waals surface area (Å²) >= 11 is 2.80. The highest BCUT2D eigenvalue weighted by molar-refractivity contribution is 7.99. The molecule has 0 aliphatic heterocycles. The molecule has 10 heteroatoms. The summed E-state index contributed by atoms with van der Waals surface area (Å²) in [6, 6.07) is 6.99. The molecule has 1 aromatic carbocycles. The minimum atomic E-state index is -4.54. The largest absolute Gasteiger partial charge is 0.418 e. The Labute approximate surface area is 180 Å². The molecule has 0 aliphatic rings. The van der Waals surface area contributed by atoms with Crippen molar-refractivity contribution in [1.82, 2.24) is 14.8 Å². The van der Waals surface area contributed by atoms with E-state index in [2.05, 4.69) is 35.4 Å². The van der Waals surface area contributed by atoms with Gasteiger partial charge in [-0.2, -0.15) is 13.2 Å². The molecule has 0 saturated carbocycles. The van der Waals surface area contributed by atoms with Crippen LogP contribution in [0.25, 0.3) is 11.4 Å². The van der Waals surface area contributed by atoms with Gasteiger partial charge in [-0.1, -0.05) is 37.7 Å². The second kappa shape index (κ2) is 9.22. The molecule has 0 spiro atoms. The van der Waals surface area contributed by atoms with Gasteiger partial charge in [0.25, 0.3) is 0 Å². The van der Waals surface area contributed by atoms with E-state index in [4.69, 9.17) is 0 Å². The first kappa shape index (κ1) is 22.4. The van der Waals surface area contributed by atoms with Crippen molar-refractivity contribution in [1.29, 1.82) is 0 Å². The maximum absolute atomic E-state index is 13.1. The third-order valence-electron chi connectivity index (χ3n) is 4.32. The van der Waals surface area contributed by atoms with Crippen molar-refractivity contribution in [3.8, 4) is 11.4 Å². The van der Waals surface area contributed by atoms with Crippen LogP contribution in [-0.4, -0.2) is 26.4 Å². The molecule has 30 heavy (non-hydrogen) atoms. The van der Waals surface area contributed by atoms with E-state index in [1.54, 1.807) is 11.3 Å². The predicted molar refractivity (Wildman–Crippen MR) is 114 cm³/mol. The number of carbonyl (C=O) groups is 1. The normalized spacial score (nSPS) is 11.8. The minimum Gasteiger partial charge on any atom is -0.325 e. The molecule has 0 aliphatic carbocycles. The molecule has 0 radical (unpaired) electrons. The fourth-order valence-corrected chi connectivity index (χ4v) is 4.53. The van der Waals surface area contributed by atoms with E-state index in [9.17, 15) is 18.0 Å². The summed E-state index contributed by atoms with van der Waals surface area (Å²) in [6.45, 7) is 6.80. The number of thiophene rings is 1. The van der Waals surface area contributed by atoms with Crippen molar-refractivity contribution in [2.45, 2.75) is 44.6 Å². The summed E-state index contributed by atoms with van der Waals surface area (Å²) in [5.74, 6) is 0.511. The van der Waals surface area contributed by atoms with Gasteiger partial charge in [-0.3, -0.25) is 4.79 Å². The van der Waals surface area contributed by atoms with Gasteiger partial charge in [-0.05, 0) is 31.0 Å². The Morgan fingerprint density at radius 3 is 2.63 bits per heavy atom. The number of aromatic nitrogens is 3. The lowest BCUT2D eigenvalue weighted by atomic mass is 10.1. The molecule has 0 fully saturated rings. The number of hydrogen-bond acceptors (Lipinski definition) is 5. The van der Waals surface area contributed by atoms with E-state index >= 15 is 0 Å². The number of anilines is 1. The van der Waals surface area contributed by atoms with Crippen molar-refractivity contribution in [2.75, 3.05) is 11.1 Å². The van der Waals surface area contributed by atoms with Gasteiger partial charge in [0, 0.05) is 22.4 Å². The average molecular weight is 455 g/mol. The Morgan fingerprint density at radius 1 is 1.27 bits per heavy atom. The fraction of sp³-hybridized carbons (Fsp3) is 0.350. The molecule has 0 saturated heterocycles. The first-order chi connectivity index (χ1) is 14.2. The van der Waals surface area contributed by atoms with E-state index in [0.717, 1.165) is 23.4 Å². The number of thioether (sulfide) groups is 1. The predicted octanol–water partition coefficient (Wildman–Crippen LogP) is 5.90. The van der Waals surface area contributed by atoms with Crippen LogP contribution in [-0.2, 0) is 17.5 Å². The van der Waals surface area contributed by atoms with Gasteiger partial charge in [0.2, 0.25) is 5.91 Å². The van der Waals surface area contributed by atoms with Crippen LogP contribution in [0.15, 0.2) is 40.9 Å². The standard InChI is InChI=1S/C20H21F3N4OS2/c1-4-27-18(13-9-16(12(2)3)29-10-13)25-26-19(27)30-11-17(28)24-15-8-6-5-7-14(15)20(21,22)23/h5-10,12H,4,11H2,1-3H3,(H,24,28). The molecular formula is C20H21F3N4OS2. The number of hydrogen-bond donors (Lipinski definition) is 1. The molecule has 0 unspecified atom stereocenters. The second-order valence-electron chi connectivity index (χ2n) is 6.82. The fourth-order valence-electron chi connectivity index (χ4n) is 2.82. The first-order valence-electron chi connectivity index (χ1n) is 9.31. The van der Waals surface area contributed by atoms with Crippen molar-refractivity contribution >= 4 is 34.7 Å². The van der Waals surface area contributed by atoms with E-state index in [1.165, 1.54) is 23.1 Å². The van der Waals surface area contributed by atoms with E-state index in [1.807, 2.05) is 16.9 Å². The highest BCUT2D eigenvalue weighted by Gasteiger charge is 2.33. The van der Waals surface area contributed by atoms with Crippen molar-refractivity contribution in [2.24, 2.45) is 0 Å². The van der Waals surface area contributed by atoms with Crippen molar-refractivity contribution in [3.63, 3.8) is 0 Å². The molecule has 1 N–H and O–H groups in total. The molecule has 0 bridgehead atoms. The maximum Gasteiger partial charge on any atom is 0.418 e. The van der Waals surface area contributed by atoms with Crippen LogP contribution in [0.2, 0.25) is 0 Å². The Balaban J connectivity index is 1.71. The second-order valence-corrected chi connectivity index (χ2v) is 8.71. The highest BCUT2D eigenvalue weighted by atomic mass is 32.2. The lowest BCUT2D eigenvalue weighted by Gasteiger charge is -2.13. The van der Waals surface area contributed by atoms with Crippen LogP contribution in [0.4, 0.5) is 18.9 Å². The molecule has 2 aromatic heterocycles.